The van der Waals surface area contributed by atoms with Gasteiger partial charge in [-0.2, -0.15) is 0 Å². The zero-order chi connectivity index (χ0) is 11.2. The highest BCUT2D eigenvalue weighted by Crippen LogP contribution is 2.39. The lowest BCUT2D eigenvalue weighted by atomic mass is 9.72. The van der Waals surface area contributed by atoms with Gasteiger partial charge in [0.2, 0.25) is 0 Å². The molecule has 1 aromatic carbocycles. The highest BCUT2D eigenvalue weighted by atomic mass is 14.8. The zero-order valence-corrected chi connectivity index (χ0v) is 9.53. The molecule has 16 heavy (non-hydrogen) atoms. The molecule has 1 aliphatic carbocycles. The number of hydrogen-bond donors (Lipinski definition) is 1. The minimum absolute atomic E-state index is 0.0704. The molecule has 0 radical (unpaired) electrons. The maximum absolute atomic E-state index is 6.32. The molecule has 2 N–H and O–H groups in total. The molecular weight excluding hydrogens is 196 g/mol. The van der Waals surface area contributed by atoms with Crippen LogP contribution in [0.5, 0.6) is 0 Å². The molecule has 0 atom stereocenters. The van der Waals surface area contributed by atoms with E-state index in [0.717, 1.165) is 18.5 Å². The summed E-state index contributed by atoms with van der Waals surface area (Å²) in [6.45, 7) is 2.02. The van der Waals surface area contributed by atoms with E-state index in [0.29, 0.717) is 0 Å². The average Bonchev–Trinajstić information content (AvgIpc) is 2.25. The molecule has 0 amide bonds. The van der Waals surface area contributed by atoms with E-state index in [4.69, 9.17) is 5.73 Å². The van der Waals surface area contributed by atoms with Gasteiger partial charge in [-0.3, -0.25) is 4.98 Å². The van der Waals surface area contributed by atoms with Gasteiger partial charge in [-0.05, 0) is 49.3 Å². The number of hydrogen-bond acceptors (Lipinski definition) is 2. The summed E-state index contributed by atoms with van der Waals surface area (Å²) in [7, 11) is 0. The van der Waals surface area contributed by atoms with Crippen molar-refractivity contribution in [3.8, 4) is 0 Å². The van der Waals surface area contributed by atoms with E-state index in [-0.39, 0.29) is 5.54 Å². The predicted molar refractivity (Wildman–Crippen MR) is 66.2 cm³/mol. The van der Waals surface area contributed by atoms with Gasteiger partial charge in [0.25, 0.3) is 0 Å². The summed E-state index contributed by atoms with van der Waals surface area (Å²) in [5.41, 5.74) is 8.58. The van der Waals surface area contributed by atoms with E-state index in [1.165, 1.54) is 22.8 Å². The Morgan fingerprint density at radius 1 is 1.19 bits per heavy atom. The third-order valence-electron chi connectivity index (χ3n) is 3.68. The summed E-state index contributed by atoms with van der Waals surface area (Å²) in [5, 5.41) is 2.44. The fraction of sp³-hybridized carbons (Fsp3) is 0.357. The standard InChI is InChI=1S/C14H16N2/c1-10-7-11-3-4-13(8-12(11)9-16-10)14(15)5-2-6-14/h3-4,7-9H,2,5-6,15H2,1H3. The molecule has 0 unspecified atom stereocenters. The van der Waals surface area contributed by atoms with Crippen LogP contribution in [0, 0.1) is 6.92 Å². The Kier molecular flexibility index (Phi) is 2.01. The van der Waals surface area contributed by atoms with Gasteiger partial charge in [0.1, 0.15) is 0 Å². The van der Waals surface area contributed by atoms with Crippen molar-refractivity contribution in [1.29, 1.82) is 0 Å². The zero-order valence-electron chi connectivity index (χ0n) is 9.53. The first-order valence-electron chi connectivity index (χ1n) is 5.83. The lowest BCUT2D eigenvalue weighted by Crippen LogP contribution is -2.43. The molecule has 82 valence electrons. The van der Waals surface area contributed by atoms with Crippen LogP contribution in [0.1, 0.15) is 30.5 Å². The fourth-order valence-corrected chi connectivity index (χ4v) is 2.41. The van der Waals surface area contributed by atoms with Crippen molar-refractivity contribution in [2.45, 2.75) is 31.7 Å². The van der Waals surface area contributed by atoms with Gasteiger partial charge in [-0.25, -0.2) is 0 Å². The van der Waals surface area contributed by atoms with Crippen LogP contribution in [0.4, 0.5) is 0 Å². The molecule has 0 spiro atoms. The van der Waals surface area contributed by atoms with Gasteiger partial charge in [0.05, 0.1) is 0 Å². The minimum atomic E-state index is -0.0704. The van der Waals surface area contributed by atoms with Crippen LogP contribution >= 0.6 is 0 Å². The van der Waals surface area contributed by atoms with Crippen molar-refractivity contribution >= 4 is 10.8 Å². The quantitative estimate of drug-likeness (QED) is 0.789. The van der Waals surface area contributed by atoms with Gasteiger partial charge in [-0.15, -0.1) is 0 Å². The maximum atomic E-state index is 6.32. The number of aryl methyl sites for hydroxylation is 1. The average molecular weight is 212 g/mol. The largest absolute Gasteiger partial charge is 0.321 e. The summed E-state index contributed by atoms with van der Waals surface area (Å²) >= 11 is 0. The van der Waals surface area contributed by atoms with E-state index in [2.05, 4.69) is 29.2 Å². The van der Waals surface area contributed by atoms with Crippen molar-refractivity contribution in [3.63, 3.8) is 0 Å². The summed E-state index contributed by atoms with van der Waals surface area (Å²) in [5.74, 6) is 0. The Labute approximate surface area is 95.5 Å². The first-order valence-corrected chi connectivity index (χ1v) is 5.83. The van der Waals surface area contributed by atoms with Crippen LogP contribution in [0.15, 0.2) is 30.5 Å². The Balaban J connectivity index is 2.12. The molecule has 1 heterocycles. The highest BCUT2D eigenvalue weighted by Gasteiger charge is 2.34. The number of benzene rings is 1. The number of nitrogens with two attached hydrogens (primary N) is 1. The van der Waals surface area contributed by atoms with Crippen molar-refractivity contribution in [2.75, 3.05) is 0 Å². The third-order valence-corrected chi connectivity index (χ3v) is 3.68. The molecule has 1 aromatic heterocycles. The Morgan fingerprint density at radius 3 is 2.69 bits per heavy atom. The lowest BCUT2D eigenvalue weighted by molar-refractivity contribution is 0.254. The SMILES string of the molecule is Cc1cc2ccc(C3(N)CCC3)cc2cn1. The van der Waals surface area contributed by atoms with Gasteiger partial charge < -0.3 is 5.73 Å². The van der Waals surface area contributed by atoms with Crippen molar-refractivity contribution < 1.29 is 0 Å². The van der Waals surface area contributed by atoms with Gasteiger partial charge in [0.15, 0.2) is 0 Å². The maximum Gasteiger partial charge on any atom is 0.0409 e. The molecule has 2 aromatic rings. The van der Waals surface area contributed by atoms with E-state index in [9.17, 15) is 0 Å². The molecule has 0 bridgehead atoms. The molecule has 1 aliphatic rings. The second kappa shape index (κ2) is 3.29. The molecule has 2 heteroatoms. The molecular formula is C14H16N2. The lowest BCUT2D eigenvalue weighted by Gasteiger charge is -2.38. The summed E-state index contributed by atoms with van der Waals surface area (Å²) < 4.78 is 0. The smallest absolute Gasteiger partial charge is 0.0409 e. The molecule has 1 fully saturated rings. The second-order valence-corrected chi connectivity index (χ2v) is 4.90. The van der Waals surface area contributed by atoms with Crippen molar-refractivity contribution in [3.05, 3.63) is 41.7 Å². The number of fused-ring (bicyclic) bond motifs is 1. The normalized spacial score (nSPS) is 18.4. The molecule has 1 saturated carbocycles. The first kappa shape index (κ1) is 9.79. The summed E-state index contributed by atoms with van der Waals surface area (Å²) in [6.07, 6.45) is 5.41. The fourth-order valence-electron chi connectivity index (χ4n) is 2.41. The van der Waals surface area contributed by atoms with E-state index >= 15 is 0 Å². The Bertz CT molecular complexity index is 541. The van der Waals surface area contributed by atoms with Crippen LogP contribution in [0.2, 0.25) is 0 Å². The van der Waals surface area contributed by atoms with Gasteiger partial charge >= 0.3 is 0 Å². The van der Waals surface area contributed by atoms with Crippen LogP contribution in [0.3, 0.4) is 0 Å². The van der Waals surface area contributed by atoms with Crippen LogP contribution in [-0.2, 0) is 5.54 Å². The number of aromatic nitrogens is 1. The Hall–Kier alpha value is -1.41. The molecule has 2 nitrogen and oxygen atoms in total. The number of rotatable bonds is 1. The third kappa shape index (κ3) is 1.41. The summed E-state index contributed by atoms with van der Waals surface area (Å²) in [6, 6.07) is 8.64. The first-order chi connectivity index (χ1) is 7.67. The van der Waals surface area contributed by atoms with E-state index < -0.39 is 0 Å². The topological polar surface area (TPSA) is 38.9 Å². The molecule has 0 saturated heterocycles. The summed E-state index contributed by atoms with van der Waals surface area (Å²) in [4.78, 5) is 4.33. The van der Waals surface area contributed by atoms with Gasteiger partial charge in [-0.1, -0.05) is 12.1 Å². The monoisotopic (exact) mass is 212 g/mol. The molecule has 3 rings (SSSR count). The van der Waals surface area contributed by atoms with Crippen LogP contribution < -0.4 is 5.73 Å². The van der Waals surface area contributed by atoms with Crippen LogP contribution in [-0.4, -0.2) is 4.98 Å². The van der Waals surface area contributed by atoms with E-state index in [1.807, 2.05) is 13.1 Å². The molecule has 0 aliphatic heterocycles. The Morgan fingerprint density at radius 2 is 2.00 bits per heavy atom. The van der Waals surface area contributed by atoms with Crippen molar-refractivity contribution in [1.82, 2.24) is 4.98 Å². The second-order valence-electron chi connectivity index (χ2n) is 4.90. The van der Waals surface area contributed by atoms with Crippen molar-refractivity contribution in [2.24, 2.45) is 5.73 Å². The van der Waals surface area contributed by atoms with E-state index in [1.54, 1.807) is 0 Å². The highest BCUT2D eigenvalue weighted by molar-refractivity contribution is 5.82. The minimum Gasteiger partial charge on any atom is -0.321 e. The van der Waals surface area contributed by atoms with Gasteiger partial charge in [0, 0.05) is 22.8 Å². The van der Waals surface area contributed by atoms with Crippen LogP contribution in [0.25, 0.3) is 10.8 Å². The number of pyridine rings is 1. The predicted octanol–water partition coefficient (Wildman–Crippen LogP) is 2.88. The number of nitrogens with zero attached hydrogens (tertiary/aromatic N) is 1.